The second-order valence-corrected chi connectivity index (χ2v) is 7.34. The van der Waals surface area contributed by atoms with E-state index in [1.807, 2.05) is 50.2 Å². The molecule has 1 fully saturated rings. The zero-order valence-corrected chi connectivity index (χ0v) is 16.7. The Morgan fingerprint density at radius 3 is 2.63 bits per heavy atom. The van der Waals surface area contributed by atoms with Gasteiger partial charge in [-0.25, -0.2) is 9.97 Å². The van der Waals surface area contributed by atoms with Gasteiger partial charge in [-0.15, -0.1) is 0 Å². The van der Waals surface area contributed by atoms with E-state index >= 15 is 0 Å². The number of aromatic nitrogens is 2. The molecule has 1 aliphatic rings. The second kappa shape index (κ2) is 8.37. The standard InChI is InChI=1S/C21H29N5O/c1-5-17-8-6-7-13-26(17)21-22-15(2)14-19(24-21)20(27)23-16-9-11-18(12-10-16)25(3)4/h9-12,14,17H,5-8,13H2,1-4H3,(H,23,27). The molecule has 0 saturated carbocycles. The number of anilines is 3. The van der Waals surface area contributed by atoms with Gasteiger partial charge in [0.1, 0.15) is 5.69 Å². The zero-order valence-electron chi connectivity index (χ0n) is 16.7. The molecular formula is C21H29N5O. The number of carbonyl (C=O) groups is 1. The van der Waals surface area contributed by atoms with E-state index in [4.69, 9.17) is 0 Å². The molecule has 1 unspecified atom stereocenters. The molecule has 3 rings (SSSR count). The highest BCUT2D eigenvalue weighted by molar-refractivity contribution is 6.03. The lowest BCUT2D eigenvalue weighted by Gasteiger charge is -2.35. The summed E-state index contributed by atoms with van der Waals surface area (Å²) in [5, 5.41) is 2.94. The first kappa shape index (κ1) is 19.1. The van der Waals surface area contributed by atoms with Crippen LogP contribution in [0.4, 0.5) is 17.3 Å². The lowest BCUT2D eigenvalue weighted by Crippen LogP contribution is -2.40. The molecule has 144 valence electrons. The highest BCUT2D eigenvalue weighted by Crippen LogP contribution is 2.24. The Balaban J connectivity index is 1.79. The van der Waals surface area contributed by atoms with Crippen molar-refractivity contribution in [2.24, 2.45) is 0 Å². The minimum atomic E-state index is -0.204. The Kier molecular flexibility index (Phi) is 5.94. The average Bonchev–Trinajstić information content (AvgIpc) is 2.67. The third-order valence-electron chi connectivity index (χ3n) is 5.07. The third-order valence-corrected chi connectivity index (χ3v) is 5.07. The Morgan fingerprint density at radius 2 is 1.96 bits per heavy atom. The summed E-state index contributed by atoms with van der Waals surface area (Å²) in [7, 11) is 3.98. The van der Waals surface area contributed by atoms with Crippen molar-refractivity contribution in [2.45, 2.75) is 45.6 Å². The minimum Gasteiger partial charge on any atom is -0.378 e. The first-order valence-corrected chi connectivity index (χ1v) is 9.69. The van der Waals surface area contributed by atoms with E-state index in [1.54, 1.807) is 6.07 Å². The predicted octanol–water partition coefficient (Wildman–Crippen LogP) is 3.87. The minimum absolute atomic E-state index is 0.204. The molecule has 6 nitrogen and oxygen atoms in total. The molecule has 1 amide bonds. The van der Waals surface area contributed by atoms with Crippen molar-refractivity contribution < 1.29 is 4.79 Å². The smallest absolute Gasteiger partial charge is 0.274 e. The fourth-order valence-corrected chi connectivity index (χ4v) is 3.52. The Bertz CT molecular complexity index is 788. The Morgan fingerprint density at radius 1 is 1.22 bits per heavy atom. The SMILES string of the molecule is CCC1CCCCN1c1nc(C)cc(C(=O)Nc2ccc(N(C)C)cc2)n1. The van der Waals surface area contributed by atoms with Crippen molar-refractivity contribution in [3.8, 4) is 0 Å². The number of rotatable bonds is 5. The van der Waals surface area contributed by atoms with Crippen molar-refractivity contribution in [3.05, 3.63) is 41.7 Å². The van der Waals surface area contributed by atoms with Crippen LogP contribution in [0.15, 0.2) is 30.3 Å². The van der Waals surface area contributed by atoms with Crippen molar-refractivity contribution in [2.75, 3.05) is 35.8 Å². The van der Waals surface area contributed by atoms with Crippen LogP contribution in [0.3, 0.4) is 0 Å². The maximum Gasteiger partial charge on any atom is 0.274 e. The summed E-state index contributed by atoms with van der Waals surface area (Å²) in [6.07, 6.45) is 4.62. The fourth-order valence-electron chi connectivity index (χ4n) is 3.52. The van der Waals surface area contributed by atoms with E-state index < -0.39 is 0 Å². The molecule has 0 aliphatic carbocycles. The van der Waals surface area contributed by atoms with Crippen LogP contribution in [0.1, 0.15) is 48.8 Å². The number of hydrogen-bond acceptors (Lipinski definition) is 5. The molecule has 0 radical (unpaired) electrons. The fraction of sp³-hybridized carbons (Fsp3) is 0.476. The first-order chi connectivity index (χ1) is 13.0. The van der Waals surface area contributed by atoms with Crippen LogP contribution >= 0.6 is 0 Å². The van der Waals surface area contributed by atoms with E-state index in [1.165, 1.54) is 6.42 Å². The van der Waals surface area contributed by atoms with Crippen LogP contribution in [0.2, 0.25) is 0 Å². The maximum atomic E-state index is 12.7. The summed E-state index contributed by atoms with van der Waals surface area (Å²) >= 11 is 0. The summed E-state index contributed by atoms with van der Waals surface area (Å²) in [5.41, 5.74) is 3.07. The van der Waals surface area contributed by atoms with Crippen LogP contribution in [-0.4, -0.2) is 42.6 Å². The molecule has 0 bridgehead atoms. The summed E-state index contributed by atoms with van der Waals surface area (Å²) < 4.78 is 0. The Hall–Kier alpha value is -2.63. The molecule has 2 aromatic rings. The van der Waals surface area contributed by atoms with Crippen LogP contribution in [0.5, 0.6) is 0 Å². The van der Waals surface area contributed by atoms with Gasteiger partial charge in [0.05, 0.1) is 0 Å². The van der Waals surface area contributed by atoms with Crippen LogP contribution in [0.25, 0.3) is 0 Å². The first-order valence-electron chi connectivity index (χ1n) is 9.69. The monoisotopic (exact) mass is 367 g/mol. The third kappa shape index (κ3) is 4.56. The number of carbonyl (C=O) groups excluding carboxylic acids is 1. The van der Waals surface area contributed by atoms with Gasteiger partial charge in [0.2, 0.25) is 5.95 Å². The molecule has 1 N–H and O–H groups in total. The molecule has 2 heterocycles. The van der Waals surface area contributed by atoms with Crippen molar-refractivity contribution in [1.82, 2.24) is 9.97 Å². The molecular weight excluding hydrogens is 338 g/mol. The number of piperidine rings is 1. The number of benzene rings is 1. The second-order valence-electron chi connectivity index (χ2n) is 7.34. The van der Waals surface area contributed by atoms with Crippen molar-refractivity contribution in [3.63, 3.8) is 0 Å². The van der Waals surface area contributed by atoms with Gasteiger partial charge >= 0.3 is 0 Å². The largest absolute Gasteiger partial charge is 0.378 e. The highest BCUT2D eigenvalue weighted by atomic mass is 16.1. The van der Waals surface area contributed by atoms with Gasteiger partial charge in [-0.1, -0.05) is 6.92 Å². The summed E-state index contributed by atoms with van der Waals surface area (Å²) in [5.74, 6) is 0.471. The molecule has 27 heavy (non-hydrogen) atoms. The number of nitrogens with one attached hydrogen (secondary N) is 1. The summed E-state index contributed by atoms with van der Waals surface area (Å²) in [6, 6.07) is 9.96. The summed E-state index contributed by atoms with van der Waals surface area (Å²) in [6.45, 7) is 5.07. The van der Waals surface area contributed by atoms with Crippen molar-refractivity contribution in [1.29, 1.82) is 0 Å². The van der Waals surface area contributed by atoms with Gasteiger partial charge in [0, 0.05) is 43.8 Å². The maximum absolute atomic E-state index is 12.7. The van der Waals surface area contributed by atoms with Gasteiger partial charge in [0.15, 0.2) is 0 Å². The van der Waals surface area contributed by atoms with Gasteiger partial charge < -0.3 is 15.1 Å². The van der Waals surface area contributed by atoms with Gasteiger partial charge in [-0.2, -0.15) is 0 Å². The topological polar surface area (TPSA) is 61.4 Å². The van der Waals surface area contributed by atoms with Crippen LogP contribution in [0, 0.1) is 6.92 Å². The average molecular weight is 367 g/mol. The molecule has 1 aliphatic heterocycles. The number of hydrogen-bond donors (Lipinski definition) is 1. The molecule has 1 saturated heterocycles. The van der Waals surface area contributed by atoms with Gasteiger partial charge in [0.25, 0.3) is 5.91 Å². The van der Waals surface area contributed by atoms with Gasteiger partial charge in [-0.05, 0) is 62.9 Å². The lowest BCUT2D eigenvalue weighted by molar-refractivity contribution is 0.102. The van der Waals surface area contributed by atoms with E-state index in [0.717, 1.165) is 42.9 Å². The van der Waals surface area contributed by atoms with Gasteiger partial charge in [-0.3, -0.25) is 4.79 Å². The summed E-state index contributed by atoms with van der Waals surface area (Å²) in [4.78, 5) is 26.2. The Labute approximate surface area is 161 Å². The molecule has 1 aromatic carbocycles. The highest BCUT2D eigenvalue weighted by Gasteiger charge is 2.24. The van der Waals surface area contributed by atoms with E-state index in [9.17, 15) is 4.79 Å². The zero-order chi connectivity index (χ0) is 19.4. The molecule has 6 heteroatoms. The predicted molar refractivity (Wildman–Crippen MR) is 111 cm³/mol. The number of aryl methyl sites for hydroxylation is 1. The van der Waals surface area contributed by atoms with E-state index in [0.29, 0.717) is 17.7 Å². The number of nitrogens with zero attached hydrogens (tertiary/aromatic N) is 4. The number of amides is 1. The normalized spacial score (nSPS) is 16.9. The van der Waals surface area contributed by atoms with Crippen molar-refractivity contribution >= 4 is 23.2 Å². The van der Waals surface area contributed by atoms with Crippen LogP contribution in [-0.2, 0) is 0 Å². The van der Waals surface area contributed by atoms with E-state index in [2.05, 4.69) is 27.1 Å². The lowest BCUT2D eigenvalue weighted by atomic mass is 10.0. The quantitative estimate of drug-likeness (QED) is 0.869. The molecule has 1 aromatic heterocycles. The van der Waals surface area contributed by atoms with E-state index in [-0.39, 0.29) is 5.91 Å². The molecule has 1 atom stereocenters. The molecule has 0 spiro atoms. The van der Waals surface area contributed by atoms with Crippen LogP contribution < -0.4 is 15.1 Å².